The van der Waals surface area contributed by atoms with Gasteiger partial charge >= 0.3 is 5.97 Å². The number of aromatic nitrogens is 1. The van der Waals surface area contributed by atoms with Gasteiger partial charge in [-0.1, -0.05) is 0 Å². The van der Waals surface area contributed by atoms with Crippen molar-refractivity contribution in [2.24, 2.45) is 0 Å². The van der Waals surface area contributed by atoms with Gasteiger partial charge in [0.1, 0.15) is 15.7 Å². The molecule has 1 N–H and O–H groups in total. The molecule has 0 bridgehead atoms. The maximum atomic E-state index is 13.5. The minimum absolute atomic E-state index is 0.0999. The molecule has 2 aromatic carbocycles. The van der Waals surface area contributed by atoms with Crippen molar-refractivity contribution in [2.45, 2.75) is 24.0 Å². The standard InChI is InChI=1S/C24H23NO6S2/c1-3-31-18-7-4-16(5-8-18)22-11-13-24(32-22)33(28,29)25-15-17(6-12-23(26)27)20-14-19(30-2)9-10-21(20)25/h4-5,7-11,13-15H,3,6,12H2,1-2H3,(H,26,27). The number of rotatable bonds is 9. The lowest BCUT2D eigenvalue weighted by molar-refractivity contribution is -0.136. The molecule has 0 amide bonds. The van der Waals surface area contributed by atoms with Crippen LogP contribution in [0.25, 0.3) is 21.3 Å². The molecule has 172 valence electrons. The van der Waals surface area contributed by atoms with E-state index in [1.807, 2.05) is 31.2 Å². The molecule has 0 unspecified atom stereocenters. The van der Waals surface area contributed by atoms with Crippen LogP contribution in [0, 0.1) is 0 Å². The number of fused-ring (bicyclic) bond motifs is 1. The summed E-state index contributed by atoms with van der Waals surface area (Å²) >= 11 is 1.18. The first-order chi connectivity index (χ1) is 15.8. The smallest absolute Gasteiger partial charge is 0.303 e. The van der Waals surface area contributed by atoms with Gasteiger partial charge in [0.15, 0.2) is 0 Å². The third-order valence-corrected chi connectivity index (χ3v) is 8.49. The summed E-state index contributed by atoms with van der Waals surface area (Å²) < 4.78 is 39.3. The highest BCUT2D eigenvalue weighted by molar-refractivity contribution is 7.92. The number of nitrogens with zero attached hydrogens (tertiary/aromatic N) is 1. The second-order valence-electron chi connectivity index (χ2n) is 7.31. The van der Waals surface area contributed by atoms with Crippen molar-refractivity contribution in [1.82, 2.24) is 3.97 Å². The first-order valence-electron chi connectivity index (χ1n) is 10.3. The second-order valence-corrected chi connectivity index (χ2v) is 10.4. The Morgan fingerprint density at radius 1 is 1.06 bits per heavy atom. The molecule has 0 spiro atoms. The Bertz CT molecular complexity index is 1400. The van der Waals surface area contributed by atoms with Crippen LogP contribution in [0.4, 0.5) is 0 Å². The topological polar surface area (TPSA) is 94.8 Å². The SMILES string of the molecule is CCOc1ccc(-c2ccc(S(=O)(=O)n3cc(CCC(=O)O)c4cc(OC)ccc43)s2)cc1. The van der Waals surface area contributed by atoms with E-state index in [2.05, 4.69) is 0 Å². The first-order valence-corrected chi connectivity index (χ1v) is 12.6. The lowest BCUT2D eigenvalue weighted by Gasteiger charge is -2.06. The highest BCUT2D eigenvalue weighted by atomic mass is 32.2. The van der Waals surface area contributed by atoms with E-state index in [1.165, 1.54) is 28.6 Å². The number of carboxylic acid groups (broad SMARTS) is 1. The van der Waals surface area contributed by atoms with Gasteiger partial charge in [0.25, 0.3) is 10.0 Å². The Morgan fingerprint density at radius 3 is 2.45 bits per heavy atom. The van der Waals surface area contributed by atoms with Gasteiger partial charge < -0.3 is 14.6 Å². The molecule has 0 atom stereocenters. The molecule has 7 nitrogen and oxygen atoms in total. The van der Waals surface area contributed by atoms with Crippen LogP contribution in [0.15, 0.2) is 65.0 Å². The zero-order chi connectivity index (χ0) is 23.6. The van der Waals surface area contributed by atoms with Crippen LogP contribution in [0.1, 0.15) is 18.9 Å². The molecule has 2 heterocycles. The van der Waals surface area contributed by atoms with E-state index >= 15 is 0 Å². The third kappa shape index (κ3) is 4.60. The van der Waals surface area contributed by atoms with Crippen molar-refractivity contribution in [2.75, 3.05) is 13.7 Å². The quantitative estimate of drug-likeness (QED) is 0.357. The Hall–Kier alpha value is -3.30. The Balaban J connectivity index is 1.74. The Labute approximate surface area is 195 Å². The van der Waals surface area contributed by atoms with Crippen LogP contribution in [0.5, 0.6) is 11.5 Å². The summed E-state index contributed by atoms with van der Waals surface area (Å²) in [6.07, 6.45) is 1.62. The molecular weight excluding hydrogens is 462 g/mol. The number of hydrogen-bond acceptors (Lipinski definition) is 6. The fourth-order valence-electron chi connectivity index (χ4n) is 3.60. The second kappa shape index (κ2) is 9.29. The van der Waals surface area contributed by atoms with Crippen molar-refractivity contribution in [3.63, 3.8) is 0 Å². The fourth-order valence-corrected chi connectivity index (χ4v) is 6.40. The number of aliphatic carboxylic acids is 1. The van der Waals surface area contributed by atoms with Crippen molar-refractivity contribution in [3.05, 3.63) is 66.4 Å². The van der Waals surface area contributed by atoms with Crippen molar-refractivity contribution >= 4 is 38.2 Å². The van der Waals surface area contributed by atoms with E-state index in [0.29, 0.717) is 28.8 Å². The van der Waals surface area contributed by atoms with Crippen molar-refractivity contribution in [3.8, 4) is 21.9 Å². The van der Waals surface area contributed by atoms with Crippen molar-refractivity contribution < 1.29 is 27.8 Å². The Morgan fingerprint density at radius 2 is 1.79 bits per heavy atom. The van der Waals surface area contributed by atoms with Gasteiger partial charge in [-0.2, -0.15) is 8.42 Å². The number of carbonyl (C=O) groups is 1. The molecule has 4 rings (SSSR count). The van der Waals surface area contributed by atoms with E-state index in [9.17, 15) is 13.2 Å². The number of ether oxygens (including phenoxy) is 2. The number of carboxylic acids is 1. The molecule has 0 saturated carbocycles. The molecule has 0 aliphatic carbocycles. The molecule has 2 aromatic heterocycles. The van der Waals surface area contributed by atoms with Crippen LogP contribution < -0.4 is 9.47 Å². The van der Waals surface area contributed by atoms with Gasteiger partial charge in [0, 0.05) is 22.9 Å². The van der Waals surface area contributed by atoms with Crippen LogP contribution in [-0.2, 0) is 21.2 Å². The summed E-state index contributed by atoms with van der Waals surface area (Å²) in [5.41, 5.74) is 2.01. The number of aryl methyl sites for hydroxylation is 1. The number of benzene rings is 2. The average molecular weight is 486 g/mol. The molecule has 0 aliphatic heterocycles. The van der Waals surface area contributed by atoms with Gasteiger partial charge in [0.05, 0.1) is 19.2 Å². The summed E-state index contributed by atoms with van der Waals surface area (Å²) in [6.45, 7) is 2.49. The number of thiophene rings is 1. The lowest BCUT2D eigenvalue weighted by Crippen LogP contribution is -2.10. The summed E-state index contributed by atoms with van der Waals surface area (Å²) in [7, 11) is -2.36. The molecule has 0 saturated heterocycles. The maximum Gasteiger partial charge on any atom is 0.303 e. The summed E-state index contributed by atoms with van der Waals surface area (Å²) in [5, 5.41) is 9.75. The average Bonchev–Trinajstić information content (AvgIpc) is 3.44. The zero-order valence-electron chi connectivity index (χ0n) is 18.1. The zero-order valence-corrected chi connectivity index (χ0v) is 19.8. The van der Waals surface area contributed by atoms with E-state index in [4.69, 9.17) is 14.6 Å². The first kappa shape index (κ1) is 22.9. The van der Waals surface area contributed by atoms with Crippen molar-refractivity contribution in [1.29, 1.82) is 0 Å². The summed E-state index contributed by atoms with van der Waals surface area (Å²) in [6, 6.07) is 16.0. The van der Waals surface area contributed by atoms with Crippen LogP contribution in [-0.4, -0.2) is 37.2 Å². The largest absolute Gasteiger partial charge is 0.497 e. The molecule has 0 fully saturated rings. The molecule has 4 aromatic rings. The molecule has 9 heteroatoms. The van der Waals surface area contributed by atoms with E-state index in [1.54, 1.807) is 30.3 Å². The van der Waals surface area contributed by atoms with E-state index in [0.717, 1.165) is 16.2 Å². The van der Waals surface area contributed by atoms with Gasteiger partial charge in [-0.05, 0) is 79.1 Å². The number of methoxy groups -OCH3 is 1. The summed E-state index contributed by atoms with van der Waals surface area (Å²) in [4.78, 5) is 11.9. The highest BCUT2D eigenvalue weighted by Crippen LogP contribution is 2.35. The minimum Gasteiger partial charge on any atom is -0.497 e. The molecular formula is C24H23NO6S2. The fraction of sp³-hybridized carbons (Fsp3) is 0.208. The van der Waals surface area contributed by atoms with E-state index < -0.39 is 16.0 Å². The van der Waals surface area contributed by atoms with Gasteiger partial charge in [-0.25, -0.2) is 3.97 Å². The van der Waals surface area contributed by atoms with Crippen LogP contribution >= 0.6 is 11.3 Å². The third-order valence-electron chi connectivity index (χ3n) is 5.21. The van der Waals surface area contributed by atoms with Gasteiger partial charge in [-0.15, -0.1) is 11.3 Å². The molecule has 33 heavy (non-hydrogen) atoms. The maximum absolute atomic E-state index is 13.5. The minimum atomic E-state index is -3.88. The van der Waals surface area contributed by atoms with Gasteiger partial charge in [0.2, 0.25) is 0 Å². The predicted octanol–water partition coefficient (Wildman–Crippen LogP) is 5.03. The highest BCUT2D eigenvalue weighted by Gasteiger charge is 2.24. The van der Waals surface area contributed by atoms with Crippen LogP contribution in [0.2, 0.25) is 0 Å². The lowest BCUT2D eigenvalue weighted by atomic mass is 10.1. The van der Waals surface area contributed by atoms with E-state index in [-0.39, 0.29) is 17.1 Å². The normalized spacial score (nSPS) is 11.6. The Kier molecular flexibility index (Phi) is 6.44. The summed E-state index contributed by atoms with van der Waals surface area (Å²) in [5.74, 6) is 0.386. The van der Waals surface area contributed by atoms with Crippen LogP contribution in [0.3, 0.4) is 0 Å². The molecule has 0 radical (unpaired) electrons. The predicted molar refractivity (Wildman–Crippen MR) is 128 cm³/mol. The molecule has 0 aliphatic rings. The van der Waals surface area contributed by atoms with Gasteiger partial charge in [-0.3, -0.25) is 4.79 Å². The number of hydrogen-bond donors (Lipinski definition) is 1. The monoisotopic (exact) mass is 485 g/mol.